The molecule has 1 atom stereocenters. The molecule has 0 aromatic carbocycles. The highest BCUT2D eigenvalue weighted by molar-refractivity contribution is 5.62. The van der Waals surface area contributed by atoms with Gasteiger partial charge in [-0.15, -0.1) is 0 Å². The predicted octanol–water partition coefficient (Wildman–Crippen LogP) is 2.11. The minimum absolute atomic E-state index is 0.550. The molecule has 1 saturated heterocycles. The lowest BCUT2D eigenvalue weighted by Gasteiger charge is -2.32. The number of fused-ring (bicyclic) bond motifs is 5. The van der Waals surface area contributed by atoms with Crippen molar-refractivity contribution in [1.29, 1.82) is 0 Å². The Kier molecular flexibility index (Phi) is 1.62. The first-order valence-corrected chi connectivity index (χ1v) is 6.12. The van der Waals surface area contributed by atoms with E-state index in [2.05, 4.69) is 27.1 Å². The molecule has 3 aliphatic rings. The SMILES string of the molecule is C1=C2CCCCN2C2Cc3cnccc3N12. The molecule has 4 rings (SSSR count). The average Bonchev–Trinajstić information content (AvgIpc) is 2.85. The van der Waals surface area contributed by atoms with E-state index in [1.54, 1.807) is 5.70 Å². The Morgan fingerprint density at radius 1 is 1.31 bits per heavy atom. The third-order valence-corrected chi connectivity index (χ3v) is 3.98. The van der Waals surface area contributed by atoms with E-state index in [1.165, 1.54) is 37.1 Å². The number of pyridine rings is 1. The predicted molar refractivity (Wildman–Crippen MR) is 62.8 cm³/mol. The number of aromatic nitrogens is 1. The van der Waals surface area contributed by atoms with Gasteiger partial charge in [-0.1, -0.05) is 0 Å². The summed E-state index contributed by atoms with van der Waals surface area (Å²) in [5.41, 5.74) is 4.30. The van der Waals surface area contributed by atoms with E-state index >= 15 is 0 Å². The summed E-state index contributed by atoms with van der Waals surface area (Å²) in [6.07, 6.45) is 11.9. The Morgan fingerprint density at radius 3 is 3.31 bits per heavy atom. The molecule has 0 spiro atoms. The largest absolute Gasteiger partial charge is 0.353 e. The van der Waals surface area contributed by atoms with Gasteiger partial charge in [-0.3, -0.25) is 4.98 Å². The van der Waals surface area contributed by atoms with Gasteiger partial charge in [0.2, 0.25) is 0 Å². The summed E-state index contributed by atoms with van der Waals surface area (Å²) in [4.78, 5) is 9.25. The highest BCUT2D eigenvalue weighted by Crippen LogP contribution is 2.41. The lowest BCUT2D eigenvalue weighted by Crippen LogP contribution is -2.39. The number of rotatable bonds is 0. The smallest absolute Gasteiger partial charge is 0.110 e. The lowest BCUT2D eigenvalue weighted by atomic mass is 10.1. The molecule has 0 aliphatic carbocycles. The summed E-state index contributed by atoms with van der Waals surface area (Å²) >= 11 is 0. The van der Waals surface area contributed by atoms with Crippen LogP contribution in [0.4, 0.5) is 5.69 Å². The molecule has 3 aliphatic heterocycles. The Morgan fingerprint density at radius 2 is 2.31 bits per heavy atom. The number of allylic oxidation sites excluding steroid dienone is 1. The average molecular weight is 213 g/mol. The number of piperidine rings is 1. The molecular formula is C13H15N3. The summed E-state index contributed by atoms with van der Waals surface area (Å²) in [5, 5.41) is 0. The molecule has 0 bridgehead atoms. The normalized spacial score (nSPS) is 26.2. The molecule has 3 nitrogen and oxygen atoms in total. The van der Waals surface area contributed by atoms with E-state index in [9.17, 15) is 0 Å². The second kappa shape index (κ2) is 3.00. The van der Waals surface area contributed by atoms with Crippen molar-refractivity contribution < 1.29 is 0 Å². The standard InChI is InChI=1S/C13H15N3/c1-2-6-15-11(3-1)9-16-12-4-5-14-8-10(12)7-13(15)16/h4-5,8-9,13H,1-3,6-7H2. The highest BCUT2D eigenvalue weighted by Gasteiger charge is 2.39. The fraction of sp³-hybridized carbons (Fsp3) is 0.462. The summed E-state index contributed by atoms with van der Waals surface area (Å²) in [6, 6.07) is 2.14. The molecule has 1 unspecified atom stereocenters. The Labute approximate surface area is 95.4 Å². The van der Waals surface area contributed by atoms with Crippen molar-refractivity contribution >= 4 is 5.69 Å². The molecule has 0 radical (unpaired) electrons. The first-order valence-electron chi connectivity index (χ1n) is 6.12. The number of nitrogens with zero attached hydrogens (tertiary/aromatic N) is 3. The zero-order chi connectivity index (χ0) is 10.5. The van der Waals surface area contributed by atoms with Gasteiger partial charge >= 0.3 is 0 Å². The second-order valence-electron chi connectivity index (χ2n) is 4.87. The molecule has 4 heterocycles. The van der Waals surface area contributed by atoms with Crippen molar-refractivity contribution in [3.63, 3.8) is 0 Å². The van der Waals surface area contributed by atoms with Crippen molar-refractivity contribution in [3.8, 4) is 0 Å². The molecule has 1 aromatic heterocycles. The summed E-state index contributed by atoms with van der Waals surface area (Å²) in [6.45, 7) is 1.23. The van der Waals surface area contributed by atoms with Gasteiger partial charge in [0.05, 0.1) is 0 Å². The van der Waals surface area contributed by atoms with Gasteiger partial charge in [-0.05, 0) is 30.9 Å². The Bertz CT molecular complexity index is 466. The van der Waals surface area contributed by atoms with Crippen molar-refractivity contribution in [2.24, 2.45) is 0 Å². The zero-order valence-electron chi connectivity index (χ0n) is 9.26. The summed E-state index contributed by atoms with van der Waals surface area (Å²) < 4.78 is 0. The van der Waals surface area contributed by atoms with E-state index in [0.29, 0.717) is 6.17 Å². The topological polar surface area (TPSA) is 19.4 Å². The minimum Gasteiger partial charge on any atom is -0.353 e. The van der Waals surface area contributed by atoms with E-state index in [4.69, 9.17) is 0 Å². The van der Waals surface area contributed by atoms with Crippen molar-refractivity contribution in [3.05, 3.63) is 35.9 Å². The first-order chi connectivity index (χ1) is 7.93. The van der Waals surface area contributed by atoms with Crippen LogP contribution in [0.5, 0.6) is 0 Å². The fourth-order valence-corrected chi connectivity index (χ4v) is 3.22. The maximum atomic E-state index is 4.22. The minimum atomic E-state index is 0.550. The number of anilines is 1. The van der Waals surface area contributed by atoms with Crippen LogP contribution in [0.1, 0.15) is 24.8 Å². The summed E-state index contributed by atoms with van der Waals surface area (Å²) in [7, 11) is 0. The quantitative estimate of drug-likeness (QED) is 0.658. The first kappa shape index (κ1) is 8.62. The molecule has 82 valence electrons. The van der Waals surface area contributed by atoms with Crippen LogP contribution in [0.25, 0.3) is 0 Å². The van der Waals surface area contributed by atoms with Crippen molar-refractivity contribution in [2.75, 3.05) is 11.4 Å². The van der Waals surface area contributed by atoms with Crippen LogP contribution in [0.3, 0.4) is 0 Å². The van der Waals surface area contributed by atoms with Gasteiger partial charge in [0.15, 0.2) is 0 Å². The third-order valence-electron chi connectivity index (χ3n) is 3.98. The Balaban J connectivity index is 1.78. The van der Waals surface area contributed by atoms with Crippen LogP contribution in [-0.4, -0.2) is 22.6 Å². The molecule has 1 aromatic rings. The number of hydrogen-bond donors (Lipinski definition) is 0. The Hall–Kier alpha value is -1.51. The summed E-state index contributed by atoms with van der Waals surface area (Å²) in [5.74, 6) is 0. The molecule has 3 heteroatoms. The molecule has 1 fully saturated rings. The van der Waals surface area contributed by atoms with Crippen LogP contribution in [0, 0.1) is 0 Å². The van der Waals surface area contributed by atoms with Crippen molar-refractivity contribution in [1.82, 2.24) is 9.88 Å². The van der Waals surface area contributed by atoms with E-state index in [-0.39, 0.29) is 0 Å². The van der Waals surface area contributed by atoms with Crippen LogP contribution in [0.2, 0.25) is 0 Å². The molecule has 16 heavy (non-hydrogen) atoms. The maximum absolute atomic E-state index is 4.22. The van der Waals surface area contributed by atoms with Gasteiger partial charge in [-0.25, -0.2) is 0 Å². The van der Waals surface area contributed by atoms with Gasteiger partial charge in [-0.2, -0.15) is 0 Å². The highest BCUT2D eigenvalue weighted by atomic mass is 15.4. The fourth-order valence-electron chi connectivity index (χ4n) is 3.22. The number of hydrogen-bond acceptors (Lipinski definition) is 3. The molecule has 0 N–H and O–H groups in total. The third kappa shape index (κ3) is 1.01. The van der Waals surface area contributed by atoms with Crippen LogP contribution < -0.4 is 4.90 Å². The molecular weight excluding hydrogens is 198 g/mol. The van der Waals surface area contributed by atoms with Gasteiger partial charge in [0, 0.05) is 42.9 Å². The lowest BCUT2D eigenvalue weighted by molar-refractivity contribution is 0.245. The van der Waals surface area contributed by atoms with Gasteiger partial charge in [0.25, 0.3) is 0 Å². The van der Waals surface area contributed by atoms with Gasteiger partial charge < -0.3 is 9.80 Å². The second-order valence-corrected chi connectivity index (χ2v) is 4.87. The van der Waals surface area contributed by atoms with E-state index < -0.39 is 0 Å². The van der Waals surface area contributed by atoms with Crippen LogP contribution >= 0.6 is 0 Å². The van der Waals surface area contributed by atoms with E-state index in [1.807, 2.05) is 12.4 Å². The van der Waals surface area contributed by atoms with E-state index in [0.717, 1.165) is 6.42 Å². The van der Waals surface area contributed by atoms with Crippen LogP contribution in [-0.2, 0) is 6.42 Å². The zero-order valence-corrected chi connectivity index (χ0v) is 9.26. The molecule has 0 amide bonds. The van der Waals surface area contributed by atoms with Crippen LogP contribution in [0.15, 0.2) is 30.4 Å². The van der Waals surface area contributed by atoms with Crippen molar-refractivity contribution in [2.45, 2.75) is 31.8 Å². The monoisotopic (exact) mass is 213 g/mol. The molecule has 0 saturated carbocycles. The maximum Gasteiger partial charge on any atom is 0.110 e. The van der Waals surface area contributed by atoms with Gasteiger partial charge in [0.1, 0.15) is 6.17 Å².